The van der Waals surface area contributed by atoms with Crippen LogP contribution in [-0.4, -0.2) is 29.7 Å². The molecular weight excluding hydrogens is 260 g/mol. The molecule has 2 aromatic rings. The Hall–Kier alpha value is -1.81. The van der Waals surface area contributed by atoms with Crippen molar-refractivity contribution < 1.29 is 0 Å². The van der Waals surface area contributed by atoms with E-state index in [1.165, 1.54) is 36.2 Å². The van der Waals surface area contributed by atoms with Gasteiger partial charge in [0.05, 0.1) is 0 Å². The Morgan fingerprint density at radius 2 is 2.19 bits per heavy atom. The standard InChI is InChI=1S/C17H24N4/c1-20-10-3-4-15-12-14(5-6-16(15)20)13-18-8-7-17-19-9-11-21(17)2/h5-6,9,11-12,18H,3-4,7-8,10,13H2,1-2H3. The second kappa shape index (κ2) is 6.31. The molecule has 0 aliphatic carbocycles. The lowest BCUT2D eigenvalue weighted by Crippen LogP contribution is -2.25. The average Bonchev–Trinajstić information content (AvgIpc) is 2.89. The van der Waals surface area contributed by atoms with Crippen LogP contribution in [0.1, 0.15) is 23.4 Å². The summed E-state index contributed by atoms with van der Waals surface area (Å²) < 4.78 is 2.08. The van der Waals surface area contributed by atoms with Crippen molar-refractivity contribution in [2.24, 2.45) is 7.05 Å². The number of benzene rings is 1. The van der Waals surface area contributed by atoms with Crippen LogP contribution in [0.2, 0.25) is 0 Å². The Balaban J connectivity index is 1.53. The Morgan fingerprint density at radius 3 is 3.00 bits per heavy atom. The molecule has 0 fully saturated rings. The summed E-state index contributed by atoms with van der Waals surface area (Å²) in [5.74, 6) is 1.13. The zero-order valence-corrected chi connectivity index (χ0v) is 13.0. The van der Waals surface area contributed by atoms with Crippen LogP contribution in [0, 0.1) is 0 Å². The van der Waals surface area contributed by atoms with Crippen LogP contribution >= 0.6 is 0 Å². The van der Waals surface area contributed by atoms with Gasteiger partial charge in [0.25, 0.3) is 0 Å². The van der Waals surface area contributed by atoms with E-state index in [0.29, 0.717) is 0 Å². The molecule has 3 rings (SSSR count). The Labute approximate surface area is 126 Å². The lowest BCUT2D eigenvalue weighted by Gasteiger charge is -2.27. The van der Waals surface area contributed by atoms with Crippen LogP contribution < -0.4 is 10.2 Å². The Morgan fingerprint density at radius 1 is 1.29 bits per heavy atom. The molecule has 1 aliphatic rings. The third-order valence-corrected chi connectivity index (χ3v) is 4.27. The van der Waals surface area contributed by atoms with Crippen LogP contribution in [-0.2, 0) is 26.4 Å². The van der Waals surface area contributed by atoms with Gasteiger partial charge >= 0.3 is 0 Å². The van der Waals surface area contributed by atoms with Crippen molar-refractivity contribution in [1.29, 1.82) is 0 Å². The summed E-state index contributed by atoms with van der Waals surface area (Å²) in [5.41, 5.74) is 4.27. The van der Waals surface area contributed by atoms with E-state index < -0.39 is 0 Å². The Bertz CT molecular complexity index is 603. The summed E-state index contributed by atoms with van der Waals surface area (Å²) in [7, 11) is 4.23. The zero-order valence-electron chi connectivity index (χ0n) is 13.0. The molecular formula is C17H24N4. The molecule has 0 saturated heterocycles. The predicted octanol–water partition coefficient (Wildman–Crippen LogP) is 2.13. The van der Waals surface area contributed by atoms with E-state index in [2.05, 4.69) is 45.0 Å². The number of anilines is 1. The number of nitrogens with zero attached hydrogens (tertiary/aromatic N) is 3. The Kier molecular flexibility index (Phi) is 4.25. The van der Waals surface area contributed by atoms with Crippen LogP contribution in [0.15, 0.2) is 30.6 Å². The normalized spacial score (nSPS) is 14.3. The van der Waals surface area contributed by atoms with E-state index in [0.717, 1.165) is 25.3 Å². The van der Waals surface area contributed by atoms with Gasteiger partial charge in [-0.05, 0) is 30.0 Å². The molecule has 1 aromatic heterocycles. The molecule has 0 atom stereocenters. The first-order chi connectivity index (χ1) is 10.2. The molecule has 4 nitrogen and oxygen atoms in total. The molecule has 2 heterocycles. The second-order valence-electron chi connectivity index (χ2n) is 5.87. The fraction of sp³-hybridized carbons (Fsp3) is 0.471. The first kappa shape index (κ1) is 14.1. The minimum atomic E-state index is 0.932. The summed E-state index contributed by atoms with van der Waals surface area (Å²) in [6.07, 6.45) is 7.29. The predicted molar refractivity (Wildman–Crippen MR) is 86.7 cm³/mol. The first-order valence-electron chi connectivity index (χ1n) is 7.74. The van der Waals surface area contributed by atoms with Gasteiger partial charge in [-0.2, -0.15) is 0 Å². The average molecular weight is 284 g/mol. The monoisotopic (exact) mass is 284 g/mol. The lowest BCUT2D eigenvalue weighted by atomic mass is 9.99. The number of hydrogen-bond donors (Lipinski definition) is 1. The highest BCUT2D eigenvalue weighted by Gasteiger charge is 2.13. The van der Waals surface area contributed by atoms with Crippen molar-refractivity contribution >= 4 is 5.69 Å². The molecule has 1 N–H and O–H groups in total. The van der Waals surface area contributed by atoms with E-state index >= 15 is 0 Å². The highest BCUT2D eigenvalue weighted by molar-refractivity contribution is 5.56. The van der Waals surface area contributed by atoms with E-state index in [1.54, 1.807) is 0 Å². The molecule has 0 bridgehead atoms. The van der Waals surface area contributed by atoms with Gasteiger partial charge in [0.15, 0.2) is 0 Å². The minimum Gasteiger partial charge on any atom is -0.374 e. The fourth-order valence-electron chi connectivity index (χ4n) is 3.02. The van der Waals surface area contributed by atoms with E-state index in [-0.39, 0.29) is 0 Å². The third-order valence-electron chi connectivity index (χ3n) is 4.27. The largest absolute Gasteiger partial charge is 0.374 e. The number of imidazole rings is 1. The van der Waals surface area contributed by atoms with Gasteiger partial charge in [-0.1, -0.05) is 12.1 Å². The molecule has 21 heavy (non-hydrogen) atoms. The fourth-order valence-corrected chi connectivity index (χ4v) is 3.02. The van der Waals surface area contributed by atoms with Crippen molar-refractivity contribution in [2.75, 3.05) is 25.0 Å². The van der Waals surface area contributed by atoms with Gasteiger partial charge in [-0.25, -0.2) is 4.98 Å². The molecule has 0 unspecified atom stereocenters. The lowest BCUT2D eigenvalue weighted by molar-refractivity contribution is 0.653. The number of aryl methyl sites for hydroxylation is 2. The number of rotatable bonds is 5. The SMILES string of the molecule is CN1CCCc2cc(CNCCc3nccn3C)ccc21. The van der Waals surface area contributed by atoms with Gasteiger partial charge in [0.2, 0.25) is 0 Å². The maximum absolute atomic E-state index is 4.34. The first-order valence-corrected chi connectivity index (χ1v) is 7.74. The highest BCUT2D eigenvalue weighted by atomic mass is 15.1. The van der Waals surface area contributed by atoms with E-state index in [4.69, 9.17) is 0 Å². The second-order valence-corrected chi connectivity index (χ2v) is 5.87. The zero-order chi connectivity index (χ0) is 14.7. The van der Waals surface area contributed by atoms with E-state index in [9.17, 15) is 0 Å². The van der Waals surface area contributed by atoms with Gasteiger partial charge in [-0.15, -0.1) is 0 Å². The van der Waals surface area contributed by atoms with Crippen molar-refractivity contribution in [3.63, 3.8) is 0 Å². The van der Waals surface area contributed by atoms with Crippen molar-refractivity contribution in [2.45, 2.75) is 25.8 Å². The third kappa shape index (κ3) is 3.27. The van der Waals surface area contributed by atoms with E-state index in [1.807, 2.05) is 19.4 Å². The molecule has 0 spiro atoms. The molecule has 0 saturated carbocycles. The maximum atomic E-state index is 4.34. The topological polar surface area (TPSA) is 33.1 Å². The van der Waals surface area contributed by atoms with Gasteiger partial charge in [-0.3, -0.25) is 0 Å². The van der Waals surface area contributed by atoms with Gasteiger partial charge in [0.1, 0.15) is 5.82 Å². The molecule has 4 heteroatoms. The van der Waals surface area contributed by atoms with Crippen molar-refractivity contribution in [3.05, 3.63) is 47.5 Å². The number of nitrogens with one attached hydrogen (secondary N) is 1. The quantitative estimate of drug-likeness (QED) is 0.854. The molecule has 0 radical (unpaired) electrons. The van der Waals surface area contributed by atoms with Gasteiger partial charge < -0.3 is 14.8 Å². The maximum Gasteiger partial charge on any atom is 0.109 e. The van der Waals surface area contributed by atoms with Crippen LogP contribution in [0.3, 0.4) is 0 Å². The molecule has 1 aromatic carbocycles. The molecule has 0 amide bonds. The summed E-state index contributed by atoms with van der Waals surface area (Å²) in [6, 6.07) is 6.87. The number of aromatic nitrogens is 2. The number of hydrogen-bond acceptors (Lipinski definition) is 3. The van der Waals surface area contributed by atoms with Crippen molar-refractivity contribution in [1.82, 2.24) is 14.9 Å². The summed E-state index contributed by atoms with van der Waals surface area (Å²) >= 11 is 0. The smallest absolute Gasteiger partial charge is 0.109 e. The minimum absolute atomic E-state index is 0.932. The van der Waals surface area contributed by atoms with Gasteiger partial charge in [0, 0.05) is 58.2 Å². The molecule has 112 valence electrons. The van der Waals surface area contributed by atoms with Crippen LogP contribution in [0.5, 0.6) is 0 Å². The van der Waals surface area contributed by atoms with Crippen LogP contribution in [0.25, 0.3) is 0 Å². The number of fused-ring (bicyclic) bond motifs is 1. The summed E-state index contributed by atoms with van der Waals surface area (Å²) in [4.78, 5) is 6.70. The molecule has 1 aliphatic heterocycles. The highest BCUT2D eigenvalue weighted by Crippen LogP contribution is 2.26. The summed E-state index contributed by atoms with van der Waals surface area (Å²) in [6.45, 7) is 3.07. The van der Waals surface area contributed by atoms with Crippen molar-refractivity contribution in [3.8, 4) is 0 Å². The van der Waals surface area contributed by atoms with Crippen LogP contribution in [0.4, 0.5) is 5.69 Å². The summed E-state index contributed by atoms with van der Waals surface area (Å²) in [5, 5.41) is 3.52.